The summed E-state index contributed by atoms with van der Waals surface area (Å²) in [6.07, 6.45) is 0.216. The molecule has 102 valence electrons. The molecular formula is C16H27NO. The molecule has 0 bridgehead atoms. The molecule has 0 spiro atoms. The van der Waals surface area contributed by atoms with Gasteiger partial charge in [-0.3, -0.25) is 0 Å². The van der Waals surface area contributed by atoms with Crippen LogP contribution in [0.2, 0.25) is 0 Å². The largest absolute Gasteiger partial charge is 0.489 e. The number of hydrogen-bond donors (Lipinski definition) is 1. The molecule has 1 aromatic carbocycles. The van der Waals surface area contributed by atoms with Gasteiger partial charge in [0.15, 0.2) is 0 Å². The molecule has 0 aliphatic heterocycles. The van der Waals surface area contributed by atoms with Crippen molar-refractivity contribution in [2.45, 2.75) is 53.7 Å². The van der Waals surface area contributed by atoms with Crippen molar-refractivity contribution in [3.05, 3.63) is 29.3 Å². The van der Waals surface area contributed by atoms with Crippen molar-refractivity contribution < 1.29 is 4.74 Å². The maximum atomic E-state index is 6.18. The van der Waals surface area contributed by atoms with Crippen molar-refractivity contribution in [2.75, 3.05) is 6.54 Å². The summed E-state index contributed by atoms with van der Waals surface area (Å²) < 4.78 is 6.18. The number of nitrogens with one attached hydrogen (secondary N) is 1. The Balaban J connectivity index is 2.73. The van der Waals surface area contributed by atoms with Crippen molar-refractivity contribution in [1.82, 2.24) is 5.32 Å². The summed E-state index contributed by atoms with van der Waals surface area (Å²) in [4.78, 5) is 0. The Kier molecular flexibility index (Phi) is 5.67. The van der Waals surface area contributed by atoms with Crippen molar-refractivity contribution in [2.24, 2.45) is 5.92 Å². The fourth-order valence-corrected chi connectivity index (χ4v) is 1.76. The summed E-state index contributed by atoms with van der Waals surface area (Å²) in [5.41, 5.74) is 2.45. The molecule has 18 heavy (non-hydrogen) atoms. The van der Waals surface area contributed by atoms with Crippen LogP contribution in [0.25, 0.3) is 0 Å². The molecule has 2 nitrogen and oxygen atoms in total. The lowest BCUT2D eigenvalue weighted by Gasteiger charge is -2.25. The molecule has 0 aliphatic carbocycles. The van der Waals surface area contributed by atoms with E-state index in [-0.39, 0.29) is 6.10 Å². The van der Waals surface area contributed by atoms with Crippen LogP contribution in [-0.2, 0) is 0 Å². The van der Waals surface area contributed by atoms with Gasteiger partial charge in [-0.2, -0.15) is 0 Å². The van der Waals surface area contributed by atoms with Gasteiger partial charge in [0.05, 0.1) is 0 Å². The van der Waals surface area contributed by atoms with E-state index < -0.39 is 0 Å². The van der Waals surface area contributed by atoms with E-state index in [2.05, 4.69) is 65.1 Å². The molecule has 0 amide bonds. The monoisotopic (exact) mass is 249 g/mol. The minimum atomic E-state index is 0.216. The third-order valence-electron chi connectivity index (χ3n) is 3.09. The summed E-state index contributed by atoms with van der Waals surface area (Å²) >= 11 is 0. The number of hydrogen-bond acceptors (Lipinski definition) is 2. The van der Waals surface area contributed by atoms with Gasteiger partial charge in [-0.25, -0.2) is 0 Å². The van der Waals surface area contributed by atoms with E-state index in [9.17, 15) is 0 Å². The molecule has 1 N–H and O–H groups in total. The molecule has 0 radical (unpaired) electrons. The Morgan fingerprint density at radius 3 is 2.33 bits per heavy atom. The van der Waals surface area contributed by atoms with Gasteiger partial charge in [0.1, 0.15) is 11.9 Å². The van der Waals surface area contributed by atoms with Crippen LogP contribution in [0.15, 0.2) is 18.2 Å². The summed E-state index contributed by atoms with van der Waals surface area (Å²) in [6.45, 7) is 13.8. The maximum Gasteiger partial charge on any atom is 0.122 e. The van der Waals surface area contributed by atoms with Crippen LogP contribution in [0.5, 0.6) is 5.75 Å². The van der Waals surface area contributed by atoms with Gasteiger partial charge < -0.3 is 10.1 Å². The molecule has 0 saturated carbocycles. The zero-order valence-electron chi connectivity index (χ0n) is 12.6. The molecule has 0 fully saturated rings. The third kappa shape index (κ3) is 4.69. The summed E-state index contributed by atoms with van der Waals surface area (Å²) in [5, 5.41) is 3.46. The van der Waals surface area contributed by atoms with Crippen molar-refractivity contribution in [3.8, 4) is 5.75 Å². The minimum Gasteiger partial charge on any atom is -0.489 e. The van der Waals surface area contributed by atoms with Crippen LogP contribution in [0.4, 0.5) is 0 Å². The van der Waals surface area contributed by atoms with Gasteiger partial charge in [0.25, 0.3) is 0 Å². The van der Waals surface area contributed by atoms with Crippen LogP contribution in [0, 0.1) is 19.8 Å². The van der Waals surface area contributed by atoms with Gasteiger partial charge in [-0.05, 0) is 37.0 Å². The lowest BCUT2D eigenvalue weighted by atomic mass is 10.1. The van der Waals surface area contributed by atoms with Gasteiger partial charge in [0, 0.05) is 12.6 Å². The normalized spacial score (nSPS) is 13.1. The molecule has 1 aromatic rings. The van der Waals surface area contributed by atoms with Crippen molar-refractivity contribution in [1.29, 1.82) is 0 Å². The first kappa shape index (κ1) is 15.0. The molecule has 0 aromatic heterocycles. The van der Waals surface area contributed by atoms with Gasteiger partial charge >= 0.3 is 0 Å². The number of ether oxygens (including phenoxy) is 1. The Bertz CT molecular complexity index is 371. The first-order valence-electron chi connectivity index (χ1n) is 6.87. The first-order valence-corrected chi connectivity index (χ1v) is 6.87. The van der Waals surface area contributed by atoms with Gasteiger partial charge in [-0.15, -0.1) is 0 Å². The van der Waals surface area contributed by atoms with Crippen LogP contribution in [-0.4, -0.2) is 18.7 Å². The van der Waals surface area contributed by atoms with Crippen LogP contribution in [0.3, 0.4) is 0 Å². The second kappa shape index (κ2) is 6.79. The summed E-state index contributed by atoms with van der Waals surface area (Å²) in [7, 11) is 0. The predicted molar refractivity (Wildman–Crippen MR) is 78.3 cm³/mol. The fraction of sp³-hybridized carbons (Fsp3) is 0.625. The Morgan fingerprint density at radius 1 is 1.11 bits per heavy atom. The third-order valence-corrected chi connectivity index (χ3v) is 3.09. The molecule has 0 saturated heterocycles. The zero-order valence-corrected chi connectivity index (χ0v) is 12.6. The molecular weight excluding hydrogens is 222 g/mol. The highest BCUT2D eigenvalue weighted by Gasteiger charge is 2.16. The Hall–Kier alpha value is -1.02. The number of rotatable bonds is 6. The van der Waals surface area contributed by atoms with Crippen molar-refractivity contribution >= 4 is 0 Å². The van der Waals surface area contributed by atoms with Crippen molar-refractivity contribution in [3.63, 3.8) is 0 Å². The zero-order chi connectivity index (χ0) is 13.7. The second-order valence-electron chi connectivity index (χ2n) is 5.73. The van der Waals surface area contributed by atoms with Crippen LogP contribution < -0.4 is 10.1 Å². The summed E-state index contributed by atoms with van der Waals surface area (Å²) in [6, 6.07) is 6.87. The maximum absolute atomic E-state index is 6.18. The Morgan fingerprint density at radius 2 is 1.78 bits per heavy atom. The van der Waals surface area contributed by atoms with E-state index in [1.807, 2.05) is 0 Å². The molecule has 1 atom stereocenters. The van der Waals surface area contributed by atoms with E-state index in [0.717, 1.165) is 12.3 Å². The van der Waals surface area contributed by atoms with E-state index in [1.165, 1.54) is 11.1 Å². The van der Waals surface area contributed by atoms with E-state index >= 15 is 0 Å². The number of aryl methyl sites for hydroxylation is 2. The molecule has 0 heterocycles. The lowest BCUT2D eigenvalue weighted by molar-refractivity contribution is 0.145. The number of benzene rings is 1. The van der Waals surface area contributed by atoms with Gasteiger partial charge in [0.2, 0.25) is 0 Å². The smallest absolute Gasteiger partial charge is 0.122 e. The summed E-state index contributed by atoms with van der Waals surface area (Å²) in [5.74, 6) is 1.51. The predicted octanol–water partition coefficient (Wildman–Crippen LogP) is 3.70. The Labute approximate surface area is 112 Å². The highest BCUT2D eigenvalue weighted by Crippen LogP contribution is 2.22. The van der Waals surface area contributed by atoms with E-state index in [0.29, 0.717) is 12.0 Å². The quantitative estimate of drug-likeness (QED) is 0.830. The van der Waals surface area contributed by atoms with Gasteiger partial charge in [-0.1, -0.05) is 39.8 Å². The standard InChI is InChI=1S/C16H27NO/c1-11(2)16(10-17-12(3)4)18-15-9-13(5)7-8-14(15)6/h7-9,11-12,16-17H,10H2,1-6H3. The molecule has 1 unspecified atom stereocenters. The highest BCUT2D eigenvalue weighted by atomic mass is 16.5. The van der Waals surface area contributed by atoms with Crippen LogP contribution in [0.1, 0.15) is 38.8 Å². The lowest BCUT2D eigenvalue weighted by Crippen LogP contribution is -2.38. The topological polar surface area (TPSA) is 21.3 Å². The average Bonchev–Trinajstić information content (AvgIpc) is 2.28. The minimum absolute atomic E-state index is 0.216. The fourth-order valence-electron chi connectivity index (χ4n) is 1.76. The molecule has 0 aliphatic rings. The SMILES string of the molecule is Cc1ccc(C)c(OC(CNC(C)C)C(C)C)c1. The van der Waals surface area contributed by atoms with Crippen LogP contribution >= 0.6 is 0 Å². The highest BCUT2D eigenvalue weighted by molar-refractivity contribution is 5.36. The molecule has 2 heteroatoms. The molecule has 1 rings (SSSR count). The second-order valence-corrected chi connectivity index (χ2v) is 5.73. The average molecular weight is 249 g/mol. The van der Waals surface area contributed by atoms with E-state index in [4.69, 9.17) is 4.74 Å². The van der Waals surface area contributed by atoms with E-state index in [1.54, 1.807) is 0 Å². The first-order chi connectivity index (χ1) is 8.40.